The van der Waals surface area contributed by atoms with Crippen LogP contribution < -0.4 is 15.4 Å². The number of carbonyl (C=O) groups excluding carboxylic acids is 1. The number of carbonyl (C=O) groups is 1. The largest absolute Gasteiger partial charge is 0.497 e. The van der Waals surface area contributed by atoms with Crippen molar-refractivity contribution < 1.29 is 19.0 Å². The Labute approximate surface area is 127 Å². The van der Waals surface area contributed by atoms with E-state index in [1.807, 2.05) is 0 Å². The lowest BCUT2D eigenvalue weighted by molar-refractivity contribution is 0.175. The van der Waals surface area contributed by atoms with Crippen molar-refractivity contribution in [1.82, 2.24) is 5.32 Å². The minimum absolute atomic E-state index is 0.00656. The molecule has 3 N–H and O–H groups in total. The van der Waals surface area contributed by atoms with Crippen molar-refractivity contribution in [3.63, 3.8) is 0 Å². The van der Waals surface area contributed by atoms with Gasteiger partial charge in [-0.3, -0.25) is 0 Å². The summed E-state index contributed by atoms with van der Waals surface area (Å²) >= 11 is 0. The number of methoxy groups -OCH3 is 1. The number of benzene rings is 2. The van der Waals surface area contributed by atoms with Crippen LogP contribution in [0, 0.1) is 5.82 Å². The van der Waals surface area contributed by atoms with E-state index in [4.69, 9.17) is 4.74 Å². The van der Waals surface area contributed by atoms with Crippen molar-refractivity contribution in [1.29, 1.82) is 0 Å². The third-order valence-electron chi connectivity index (χ3n) is 3.08. The van der Waals surface area contributed by atoms with Gasteiger partial charge in [-0.15, -0.1) is 0 Å². The highest BCUT2D eigenvalue weighted by Crippen LogP contribution is 2.17. The molecule has 0 heterocycles. The summed E-state index contributed by atoms with van der Waals surface area (Å²) in [4.78, 5) is 11.7. The molecule has 6 heteroatoms. The highest BCUT2D eigenvalue weighted by Gasteiger charge is 2.10. The topological polar surface area (TPSA) is 70.6 Å². The molecule has 1 atom stereocenters. The molecule has 2 amide bonds. The van der Waals surface area contributed by atoms with Crippen molar-refractivity contribution in [2.45, 2.75) is 6.10 Å². The monoisotopic (exact) mass is 304 g/mol. The lowest BCUT2D eigenvalue weighted by Crippen LogP contribution is -2.32. The molecule has 0 bridgehead atoms. The second-order valence-electron chi connectivity index (χ2n) is 4.60. The third-order valence-corrected chi connectivity index (χ3v) is 3.08. The molecule has 0 saturated carbocycles. The Morgan fingerprint density at radius 2 is 1.91 bits per heavy atom. The normalized spacial score (nSPS) is 11.6. The van der Waals surface area contributed by atoms with Gasteiger partial charge in [0.2, 0.25) is 0 Å². The summed E-state index contributed by atoms with van der Waals surface area (Å²) in [6.07, 6.45) is -0.864. The molecular weight excluding hydrogens is 287 g/mol. The molecule has 0 aliphatic heterocycles. The van der Waals surface area contributed by atoms with E-state index in [2.05, 4.69) is 10.6 Å². The van der Waals surface area contributed by atoms with Gasteiger partial charge in [0, 0.05) is 6.54 Å². The smallest absolute Gasteiger partial charge is 0.319 e. The van der Waals surface area contributed by atoms with Gasteiger partial charge in [-0.2, -0.15) is 0 Å². The summed E-state index contributed by atoms with van der Waals surface area (Å²) in [5.41, 5.74) is 0.728. The molecule has 0 fully saturated rings. The van der Waals surface area contributed by atoms with Gasteiger partial charge in [0.05, 0.1) is 18.9 Å². The van der Waals surface area contributed by atoms with Crippen molar-refractivity contribution in [3.05, 3.63) is 59.9 Å². The van der Waals surface area contributed by atoms with E-state index < -0.39 is 18.0 Å². The van der Waals surface area contributed by atoms with Crippen LogP contribution in [0.1, 0.15) is 11.7 Å². The fourth-order valence-electron chi connectivity index (χ4n) is 1.86. The van der Waals surface area contributed by atoms with Crippen LogP contribution in [0.2, 0.25) is 0 Å². The van der Waals surface area contributed by atoms with Crippen LogP contribution in [0.25, 0.3) is 0 Å². The molecule has 0 aliphatic carbocycles. The van der Waals surface area contributed by atoms with Gasteiger partial charge in [-0.05, 0) is 29.8 Å². The van der Waals surface area contributed by atoms with E-state index in [1.54, 1.807) is 37.4 Å². The molecule has 2 rings (SSSR count). The van der Waals surface area contributed by atoms with Crippen LogP contribution in [0.3, 0.4) is 0 Å². The average Bonchev–Trinajstić information content (AvgIpc) is 2.55. The Kier molecular flexibility index (Phi) is 5.32. The maximum atomic E-state index is 13.4. The van der Waals surface area contributed by atoms with Crippen molar-refractivity contribution >= 4 is 11.7 Å². The third kappa shape index (κ3) is 4.20. The summed E-state index contributed by atoms with van der Waals surface area (Å²) in [5, 5.41) is 14.9. The quantitative estimate of drug-likeness (QED) is 0.795. The molecule has 2 aromatic rings. The molecule has 116 valence electrons. The number of aliphatic hydroxyl groups excluding tert-OH is 1. The molecular formula is C16H17FN2O3. The summed E-state index contributed by atoms with van der Waals surface area (Å²) < 4.78 is 18.4. The minimum atomic E-state index is -0.864. The second-order valence-corrected chi connectivity index (χ2v) is 4.60. The number of halogens is 1. The first-order valence-corrected chi connectivity index (χ1v) is 6.71. The van der Waals surface area contributed by atoms with Crippen LogP contribution in [0.15, 0.2) is 48.5 Å². The molecule has 0 radical (unpaired) electrons. The maximum absolute atomic E-state index is 13.4. The van der Waals surface area contributed by atoms with E-state index in [0.717, 1.165) is 0 Å². The number of para-hydroxylation sites is 1. The van der Waals surface area contributed by atoms with Gasteiger partial charge in [0.1, 0.15) is 11.6 Å². The van der Waals surface area contributed by atoms with Gasteiger partial charge in [0.15, 0.2) is 0 Å². The number of ether oxygens (including phenoxy) is 1. The molecule has 0 spiro atoms. The first kappa shape index (κ1) is 15.8. The number of rotatable bonds is 5. The maximum Gasteiger partial charge on any atom is 0.319 e. The predicted octanol–water partition coefficient (Wildman–Crippen LogP) is 2.69. The molecule has 1 unspecified atom stereocenters. The number of amides is 2. The van der Waals surface area contributed by atoms with Gasteiger partial charge >= 0.3 is 6.03 Å². The molecule has 0 aromatic heterocycles. The number of anilines is 1. The summed E-state index contributed by atoms with van der Waals surface area (Å²) in [5.74, 6) is 0.162. The number of nitrogens with one attached hydrogen (secondary N) is 2. The Bertz CT molecular complexity index is 632. The fourth-order valence-corrected chi connectivity index (χ4v) is 1.86. The Balaban J connectivity index is 1.86. The van der Waals surface area contributed by atoms with Crippen molar-refractivity contribution in [2.75, 3.05) is 19.0 Å². The van der Waals surface area contributed by atoms with Gasteiger partial charge < -0.3 is 20.5 Å². The molecule has 5 nitrogen and oxygen atoms in total. The second kappa shape index (κ2) is 7.42. The lowest BCUT2D eigenvalue weighted by Gasteiger charge is -2.13. The average molecular weight is 304 g/mol. The Morgan fingerprint density at radius 1 is 1.23 bits per heavy atom. The number of hydrogen-bond acceptors (Lipinski definition) is 3. The van der Waals surface area contributed by atoms with E-state index in [-0.39, 0.29) is 12.2 Å². The molecule has 0 saturated heterocycles. The number of urea groups is 1. The van der Waals surface area contributed by atoms with Gasteiger partial charge in [-0.25, -0.2) is 9.18 Å². The van der Waals surface area contributed by atoms with Gasteiger partial charge in [-0.1, -0.05) is 24.3 Å². The standard InChI is InChI=1S/C16H17FN2O3/c1-22-12-8-6-11(7-9-12)15(20)10-18-16(21)19-14-5-3-2-4-13(14)17/h2-9,15,20H,10H2,1H3,(H2,18,19,21). The highest BCUT2D eigenvalue weighted by molar-refractivity contribution is 5.89. The molecule has 2 aromatic carbocycles. The lowest BCUT2D eigenvalue weighted by atomic mass is 10.1. The van der Waals surface area contributed by atoms with E-state index in [0.29, 0.717) is 11.3 Å². The fraction of sp³-hybridized carbons (Fsp3) is 0.188. The predicted molar refractivity (Wildman–Crippen MR) is 81.4 cm³/mol. The van der Waals surface area contributed by atoms with Crippen LogP contribution in [0.4, 0.5) is 14.9 Å². The SMILES string of the molecule is COc1ccc(C(O)CNC(=O)Nc2ccccc2F)cc1. The van der Waals surface area contributed by atoms with E-state index >= 15 is 0 Å². The van der Waals surface area contributed by atoms with E-state index in [1.165, 1.54) is 18.2 Å². The number of aliphatic hydroxyl groups is 1. The first-order chi connectivity index (χ1) is 10.6. The van der Waals surface area contributed by atoms with Crippen LogP contribution in [-0.4, -0.2) is 24.8 Å². The summed E-state index contributed by atoms with van der Waals surface area (Å²) in [6.45, 7) is 0.00656. The summed E-state index contributed by atoms with van der Waals surface area (Å²) in [6, 6.07) is 12.1. The van der Waals surface area contributed by atoms with Crippen molar-refractivity contribution in [3.8, 4) is 5.75 Å². The Morgan fingerprint density at radius 3 is 2.55 bits per heavy atom. The zero-order chi connectivity index (χ0) is 15.9. The zero-order valence-corrected chi connectivity index (χ0v) is 12.0. The molecule has 22 heavy (non-hydrogen) atoms. The molecule has 0 aliphatic rings. The Hall–Kier alpha value is -2.60. The minimum Gasteiger partial charge on any atom is -0.497 e. The van der Waals surface area contributed by atoms with E-state index in [9.17, 15) is 14.3 Å². The van der Waals surface area contributed by atoms with Crippen LogP contribution >= 0.6 is 0 Å². The van der Waals surface area contributed by atoms with Crippen molar-refractivity contribution in [2.24, 2.45) is 0 Å². The zero-order valence-electron chi connectivity index (χ0n) is 12.0. The first-order valence-electron chi connectivity index (χ1n) is 6.71. The van der Waals surface area contributed by atoms with Crippen LogP contribution in [0.5, 0.6) is 5.75 Å². The van der Waals surface area contributed by atoms with Gasteiger partial charge in [0.25, 0.3) is 0 Å². The summed E-state index contributed by atoms with van der Waals surface area (Å²) in [7, 11) is 1.56. The highest BCUT2D eigenvalue weighted by atomic mass is 19.1. The number of hydrogen-bond donors (Lipinski definition) is 3. The van der Waals surface area contributed by atoms with Crippen LogP contribution in [-0.2, 0) is 0 Å².